The van der Waals surface area contributed by atoms with Crippen molar-refractivity contribution in [2.75, 3.05) is 0 Å². The molecule has 2 aromatic carbocycles. The molecule has 0 radical (unpaired) electrons. The summed E-state index contributed by atoms with van der Waals surface area (Å²) < 4.78 is 42.6. The predicted molar refractivity (Wildman–Crippen MR) is 117 cm³/mol. The highest BCUT2D eigenvalue weighted by atomic mass is 35.5. The van der Waals surface area contributed by atoms with Gasteiger partial charge in [0.25, 0.3) is 0 Å². The van der Waals surface area contributed by atoms with Crippen molar-refractivity contribution in [1.82, 2.24) is 10.8 Å². The van der Waals surface area contributed by atoms with Gasteiger partial charge >= 0.3 is 6.18 Å². The van der Waals surface area contributed by atoms with Crippen molar-refractivity contribution in [3.63, 3.8) is 0 Å². The Morgan fingerprint density at radius 1 is 1.09 bits per heavy atom. The van der Waals surface area contributed by atoms with E-state index >= 15 is 0 Å². The van der Waals surface area contributed by atoms with E-state index in [9.17, 15) is 18.0 Å². The van der Waals surface area contributed by atoms with Crippen LogP contribution in [0.25, 0.3) is 5.70 Å². The highest BCUT2D eigenvalue weighted by molar-refractivity contribution is 6.48. The van der Waals surface area contributed by atoms with Crippen molar-refractivity contribution >= 4 is 58.0 Å². The molecule has 1 atom stereocenters. The Kier molecular flexibility index (Phi) is 6.33. The van der Waals surface area contributed by atoms with E-state index in [2.05, 4.69) is 10.8 Å². The monoisotopic (exact) mass is 524 g/mol. The first-order valence-corrected chi connectivity index (χ1v) is 11.0. The number of alkyl halides is 3. The van der Waals surface area contributed by atoms with Gasteiger partial charge in [-0.05, 0) is 48.7 Å². The molecule has 0 bridgehead atoms. The Bertz CT molecular complexity index is 1100. The van der Waals surface area contributed by atoms with Crippen LogP contribution in [-0.2, 0) is 21.8 Å². The van der Waals surface area contributed by atoms with Crippen molar-refractivity contribution < 1.29 is 22.8 Å². The van der Waals surface area contributed by atoms with E-state index in [1.54, 1.807) is 18.2 Å². The van der Waals surface area contributed by atoms with Crippen molar-refractivity contribution in [2.45, 2.75) is 31.2 Å². The highest BCUT2D eigenvalue weighted by Crippen LogP contribution is 2.49. The smallest absolute Gasteiger partial charge is 0.352 e. The summed E-state index contributed by atoms with van der Waals surface area (Å²) in [7, 11) is 0. The number of amides is 1. The third-order valence-electron chi connectivity index (χ3n) is 5.26. The molecule has 1 aliphatic heterocycles. The van der Waals surface area contributed by atoms with Gasteiger partial charge in [0.15, 0.2) is 0 Å². The number of benzene rings is 2. The molecule has 2 aromatic rings. The Morgan fingerprint density at radius 3 is 2.34 bits per heavy atom. The molecule has 1 heterocycles. The van der Waals surface area contributed by atoms with Crippen LogP contribution in [0.1, 0.15) is 29.5 Å². The normalized spacial score (nSPS) is 20.7. The fourth-order valence-corrected chi connectivity index (χ4v) is 4.09. The van der Waals surface area contributed by atoms with Crippen LogP contribution >= 0.6 is 46.4 Å². The number of nitrogens with one attached hydrogen (secondary N) is 2. The standard InChI is InChI=1S/C21H15Cl4F3N2O2/c22-14-4-3-11(5-12(14)9-29-19(31)10-1-2-10)17-8-20(32-30-17,21(26,27)28)13-6-15(23)18(25)16(24)7-13/h3-8,10,30H,1-2,9H2,(H,29,31). The first-order chi connectivity index (χ1) is 15.0. The topological polar surface area (TPSA) is 50.4 Å². The maximum atomic E-state index is 14.2. The highest BCUT2D eigenvalue weighted by Gasteiger charge is 2.59. The zero-order valence-corrected chi connectivity index (χ0v) is 19.1. The van der Waals surface area contributed by atoms with E-state index in [-0.39, 0.29) is 44.7 Å². The number of hydroxylamine groups is 1. The summed E-state index contributed by atoms with van der Waals surface area (Å²) in [4.78, 5) is 17.0. The fraction of sp³-hybridized carbons (Fsp3) is 0.286. The molecule has 0 aromatic heterocycles. The van der Waals surface area contributed by atoms with Gasteiger partial charge in [0.05, 0.1) is 20.8 Å². The van der Waals surface area contributed by atoms with Crippen LogP contribution in [0.5, 0.6) is 0 Å². The maximum Gasteiger partial charge on any atom is 0.428 e. The van der Waals surface area contributed by atoms with Crippen LogP contribution in [0, 0.1) is 5.92 Å². The molecule has 32 heavy (non-hydrogen) atoms. The van der Waals surface area contributed by atoms with Crippen LogP contribution in [0.2, 0.25) is 20.1 Å². The van der Waals surface area contributed by atoms with Crippen LogP contribution in [0.4, 0.5) is 13.2 Å². The lowest BCUT2D eigenvalue weighted by Crippen LogP contribution is -2.42. The first-order valence-electron chi connectivity index (χ1n) is 9.47. The Morgan fingerprint density at radius 2 is 1.75 bits per heavy atom. The van der Waals surface area contributed by atoms with E-state index in [4.69, 9.17) is 51.2 Å². The molecule has 1 amide bonds. The second-order valence-corrected chi connectivity index (χ2v) is 9.15. The lowest BCUT2D eigenvalue weighted by molar-refractivity contribution is -0.269. The van der Waals surface area contributed by atoms with E-state index in [0.717, 1.165) is 31.1 Å². The van der Waals surface area contributed by atoms with E-state index in [0.29, 0.717) is 16.1 Å². The Hall–Kier alpha value is -1.64. The molecule has 170 valence electrons. The van der Waals surface area contributed by atoms with Crippen molar-refractivity contribution in [3.8, 4) is 0 Å². The molecule has 2 aliphatic rings. The summed E-state index contributed by atoms with van der Waals surface area (Å²) in [5, 5.41) is 2.84. The van der Waals surface area contributed by atoms with Gasteiger partial charge in [0, 0.05) is 28.6 Å². The Labute approximate surface area is 201 Å². The molecular weight excluding hydrogens is 511 g/mol. The molecule has 4 nitrogen and oxygen atoms in total. The van der Waals surface area contributed by atoms with E-state index in [1.165, 1.54) is 0 Å². The number of halogens is 7. The molecule has 0 spiro atoms. The lowest BCUT2D eigenvalue weighted by Gasteiger charge is -2.29. The molecule has 1 aliphatic carbocycles. The third kappa shape index (κ3) is 4.41. The van der Waals surface area contributed by atoms with E-state index in [1.807, 2.05) is 0 Å². The van der Waals surface area contributed by atoms with Gasteiger partial charge in [-0.15, -0.1) is 0 Å². The number of hydrogen-bond acceptors (Lipinski definition) is 3. The van der Waals surface area contributed by atoms with Crippen LogP contribution in [0.15, 0.2) is 36.4 Å². The molecule has 1 saturated carbocycles. The molecular formula is C21H15Cl4F3N2O2. The second-order valence-electron chi connectivity index (χ2n) is 7.55. The summed E-state index contributed by atoms with van der Waals surface area (Å²) in [5.74, 6) is -0.0458. The van der Waals surface area contributed by atoms with Crippen LogP contribution in [0.3, 0.4) is 0 Å². The molecule has 2 N–H and O–H groups in total. The maximum absolute atomic E-state index is 14.2. The SMILES string of the molecule is O=C(NCc1cc(C2=CC(c3cc(Cl)c(Cl)c(Cl)c3)(C(F)(F)F)ON2)ccc1Cl)C1CC1. The van der Waals surface area contributed by atoms with Crippen molar-refractivity contribution in [1.29, 1.82) is 0 Å². The van der Waals surface area contributed by atoms with Crippen LogP contribution < -0.4 is 10.8 Å². The van der Waals surface area contributed by atoms with Gasteiger partial charge < -0.3 is 5.32 Å². The van der Waals surface area contributed by atoms with Gasteiger partial charge in [-0.3, -0.25) is 15.1 Å². The van der Waals surface area contributed by atoms with Gasteiger partial charge in [0.2, 0.25) is 11.5 Å². The van der Waals surface area contributed by atoms with Crippen molar-refractivity contribution in [2.24, 2.45) is 5.92 Å². The average Bonchev–Trinajstić information content (AvgIpc) is 3.48. The van der Waals surface area contributed by atoms with Crippen molar-refractivity contribution in [3.05, 3.63) is 73.2 Å². The molecule has 11 heteroatoms. The number of carbonyl (C=O) groups is 1. The molecule has 1 fully saturated rings. The first kappa shape index (κ1) is 23.5. The summed E-state index contributed by atoms with van der Waals surface area (Å²) in [5.41, 5.74) is 0.186. The Balaban J connectivity index is 1.69. The zero-order valence-electron chi connectivity index (χ0n) is 16.1. The minimum Gasteiger partial charge on any atom is -0.352 e. The second kappa shape index (κ2) is 8.61. The van der Waals surface area contributed by atoms with Gasteiger partial charge in [-0.1, -0.05) is 52.5 Å². The predicted octanol–water partition coefficient (Wildman–Crippen LogP) is 6.66. The van der Waals surface area contributed by atoms with E-state index < -0.39 is 11.8 Å². The lowest BCUT2D eigenvalue weighted by atomic mass is 9.91. The molecule has 0 saturated heterocycles. The largest absolute Gasteiger partial charge is 0.428 e. The summed E-state index contributed by atoms with van der Waals surface area (Å²) in [6.07, 6.45) is -2.24. The fourth-order valence-electron chi connectivity index (χ4n) is 3.31. The number of hydrogen-bond donors (Lipinski definition) is 2. The zero-order chi connectivity index (χ0) is 23.3. The van der Waals surface area contributed by atoms with Gasteiger partial charge in [-0.25, -0.2) is 0 Å². The average molecular weight is 526 g/mol. The number of rotatable bonds is 5. The van der Waals surface area contributed by atoms with Gasteiger partial charge in [-0.2, -0.15) is 13.2 Å². The minimum atomic E-state index is -4.85. The molecule has 4 rings (SSSR count). The third-order valence-corrected chi connectivity index (χ3v) is 6.83. The molecule has 1 unspecified atom stereocenters. The summed E-state index contributed by atoms with van der Waals surface area (Å²) in [6.45, 7) is 0.156. The van der Waals surface area contributed by atoms with Crippen LogP contribution in [-0.4, -0.2) is 12.1 Å². The van der Waals surface area contributed by atoms with Gasteiger partial charge in [0.1, 0.15) is 0 Å². The number of carbonyl (C=O) groups excluding carboxylic acids is 1. The summed E-state index contributed by atoms with van der Waals surface area (Å²) >= 11 is 24.0. The minimum absolute atomic E-state index is 0.0231. The quantitative estimate of drug-likeness (QED) is 0.429. The summed E-state index contributed by atoms with van der Waals surface area (Å²) in [6, 6.07) is 6.80.